The van der Waals surface area contributed by atoms with Crippen LogP contribution in [0.3, 0.4) is 0 Å². The molecule has 4 nitrogen and oxygen atoms in total. The van der Waals surface area contributed by atoms with Crippen molar-refractivity contribution in [3.05, 3.63) is 0 Å². The topological polar surface area (TPSA) is 73.6 Å². The van der Waals surface area contributed by atoms with E-state index >= 15 is 0 Å². The van der Waals surface area contributed by atoms with Crippen LogP contribution in [0.5, 0.6) is 0 Å². The van der Waals surface area contributed by atoms with Crippen molar-refractivity contribution in [2.24, 2.45) is 16.7 Å². The summed E-state index contributed by atoms with van der Waals surface area (Å²) in [7, 11) is 0. The first-order chi connectivity index (χ1) is 5.31. The number of hydrogen-bond acceptors (Lipinski definition) is 4. The summed E-state index contributed by atoms with van der Waals surface area (Å²) in [5.74, 6) is 5.73. The number of thioether (sulfide) groups is 1. The highest BCUT2D eigenvalue weighted by Crippen LogP contribution is 1.97. The van der Waals surface area contributed by atoms with Gasteiger partial charge in [-0.15, -0.1) is 0 Å². The van der Waals surface area contributed by atoms with Crippen LogP contribution < -0.4 is 11.6 Å². The smallest absolute Gasteiger partial charge is 0.177 e. The van der Waals surface area contributed by atoms with Gasteiger partial charge in [-0.3, -0.25) is 0 Å². The SMILES string of the molecule is CCCOCCSC(N)=NN. The highest BCUT2D eigenvalue weighted by Gasteiger charge is 1.92. The van der Waals surface area contributed by atoms with Gasteiger partial charge in [0.15, 0.2) is 5.17 Å². The van der Waals surface area contributed by atoms with E-state index < -0.39 is 0 Å². The zero-order valence-corrected chi connectivity index (χ0v) is 7.56. The lowest BCUT2D eigenvalue weighted by Gasteiger charge is -2.00. The maximum Gasteiger partial charge on any atom is 0.177 e. The zero-order valence-electron chi connectivity index (χ0n) is 6.75. The highest BCUT2D eigenvalue weighted by molar-refractivity contribution is 8.13. The fraction of sp³-hybridized carbons (Fsp3) is 0.833. The van der Waals surface area contributed by atoms with Gasteiger partial charge in [0.2, 0.25) is 0 Å². The van der Waals surface area contributed by atoms with Crippen LogP contribution in [0.1, 0.15) is 13.3 Å². The molecule has 0 aliphatic carbocycles. The second-order valence-electron chi connectivity index (χ2n) is 1.93. The van der Waals surface area contributed by atoms with E-state index in [1.165, 1.54) is 11.8 Å². The first kappa shape index (κ1) is 10.6. The summed E-state index contributed by atoms with van der Waals surface area (Å²) < 4.78 is 5.21. The Morgan fingerprint density at radius 2 is 2.27 bits per heavy atom. The van der Waals surface area contributed by atoms with Crippen LogP contribution in [0.2, 0.25) is 0 Å². The van der Waals surface area contributed by atoms with E-state index in [2.05, 4.69) is 12.0 Å². The van der Waals surface area contributed by atoms with Gasteiger partial charge in [-0.1, -0.05) is 18.7 Å². The van der Waals surface area contributed by atoms with Gasteiger partial charge < -0.3 is 16.3 Å². The van der Waals surface area contributed by atoms with E-state index in [9.17, 15) is 0 Å². The van der Waals surface area contributed by atoms with Gasteiger partial charge in [0.05, 0.1) is 6.61 Å². The third-order valence-corrected chi connectivity index (χ3v) is 1.73. The molecule has 66 valence electrons. The number of nitrogens with two attached hydrogens (primary N) is 2. The van der Waals surface area contributed by atoms with Crippen LogP contribution in [0.15, 0.2) is 5.10 Å². The number of ether oxygens (including phenoxy) is 1. The molecule has 5 heteroatoms. The molecule has 0 aliphatic heterocycles. The summed E-state index contributed by atoms with van der Waals surface area (Å²) in [4.78, 5) is 0. The molecule has 0 aromatic heterocycles. The van der Waals surface area contributed by atoms with Crippen LogP contribution in [0.25, 0.3) is 0 Å². The molecule has 0 rings (SSSR count). The van der Waals surface area contributed by atoms with E-state index in [1.807, 2.05) is 0 Å². The summed E-state index contributed by atoms with van der Waals surface area (Å²) in [6.07, 6.45) is 1.05. The molecule has 11 heavy (non-hydrogen) atoms. The lowest BCUT2D eigenvalue weighted by molar-refractivity contribution is 0.151. The fourth-order valence-corrected chi connectivity index (χ4v) is 0.974. The van der Waals surface area contributed by atoms with Crippen molar-refractivity contribution in [2.45, 2.75) is 13.3 Å². The van der Waals surface area contributed by atoms with Gasteiger partial charge in [-0.2, -0.15) is 5.10 Å². The van der Waals surface area contributed by atoms with Gasteiger partial charge in [0.1, 0.15) is 0 Å². The van der Waals surface area contributed by atoms with Crippen molar-refractivity contribution in [2.75, 3.05) is 19.0 Å². The lowest BCUT2D eigenvalue weighted by atomic mass is 10.5. The van der Waals surface area contributed by atoms with E-state index in [4.69, 9.17) is 16.3 Å². The molecule has 0 aliphatic rings. The first-order valence-corrected chi connectivity index (χ1v) is 4.53. The molecule has 0 radical (unpaired) electrons. The van der Waals surface area contributed by atoms with E-state index in [0.29, 0.717) is 11.8 Å². The lowest BCUT2D eigenvalue weighted by Crippen LogP contribution is -2.11. The predicted octanol–water partition coefficient (Wildman–Crippen LogP) is 0.335. The minimum Gasteiger partial charge on any atom is -0.381 e. The van der Waals surface area contributed by atoms with Crippen LogP contribution in [0.4, 0.5) is 0 Å². The molecule has 0 spiro atoms. The highest BCUT2D eigenvalue weighted by atomic mass is 32.2. The number of nitrogens with zero attached hydrogens (tertiary/aromatic N) is 1. The largest absolute Gasteiger partial charge is 0.381 e. The molecule has 0 saturated carbocycles. The third-order valence-electron chi connectivity index (χ3n) is 0.953. The van der Waals surface area contributed by atoms with Crippen molar-refractivity contribution >= 4 is 16.9 Å². The maximum atomic E-state index is 5.32. The quantitative estimate of drug-likeness (QED) is 0.209. The predicted molar refractivity (Wildman–Crippen MR) is 49.4 cm³/mol. The van der Waals surface area contributed by atoms with Crippen molar-refractivity contribution in [1.29, 1.82) is 0 Å². The molecule has 0 unspecified atom stereocenters. The van der Waals surface area contributed by atoms with E-state index in [-0.39, 0.29) is 0 Å². The van der Waals surface area contributed by atoms with Gasteiger partial charge in [0, 0.05) is 12.4 Å². The van der Waals surface area contributed by atoms with Gasteiger partial charge in [-0.05, 0) is 6.42 Å². The molecule has 0 aromatic rings. The van der Waals surface area contributed by atoms with Crippen LogP contribution in [0, 0.1) is 0 Å². The monoisotopic (exact) mass is 177 g/mol. The molecule has 0 saturated heterocycles. The summed E-state index contributed by atoms with van der Waals surface area (Å²) in [6, 6.07) is 0. The second-order valence-corrected chi connectivity index (χ2v) is 3.04. The molecular formula is C6H15N3OS. The Labute approximate surface area is 71.3 Å². The summed E-state index contributed by atoms with van der Waals surface area (Å²) in [6.45, 7) is 3.58. The van der Waals surface area contributed by atoms with Crippen molar-refractivity contribution < 1.29 is 4.74 Å². The number of hydrogen-bond donors (Lipinski definition) is 2. The first-order valence-electron chi connectivity index (χ1n) is 3.55. The molecule has 0 amide bonds. The van der Waals surface area contributed by atoms with Crippen LogP contribution in [-0.4, -0.2) is 24.1 Å². The molecular weight excluding hydrogens is 162 g/mol. The molecule has 4 N–H and O–H groups in total. The molecule has 0 atom stereocenters. The standard InChI is InChI=1S/C6H15N3OS/c1-2-3-10-4-5-11-6(7)9-8/h2-5,8H2,1H3,(H2,7,9). The van der Waals surface area contributed by atoms with Crippen LogP contribution >= 0.6 is 11.8 Å². The summed E-state index contributed by atoms with van der Waals surface area (Å²) in [5, 5.41) is 3.72. The Kier molecular flexibility index (Phi) is 7.39. The average Bonchev–Trinajstić information content (AvgIpc) is 2.04. The summed E-state index contributed by atoms with van der Waals surface area (Å²) >= 11 is 1.40. The Morgan fingerprint density at radius 1 is 1.55 bits per heavy atom. The Hall–Kier alpha value is -0.420. The van der Waals surface area contributed by atoms with Gasteiger partial charge in [0.25, 0.3) is 0 Å². The minimum atomic E-state index is 0.407. The zero-order chi connectivity index (χ0) is 8.53. The Morgan fingerprint density at radius 3 is 2.82 bits per heavy atom. The minimum absolute atomic E-state index is 0.407. The number of hydrazone groups is 1. The number of rotatable bonds is 5. The molecule has 0 heterocycles. The third kappa shape index (κ3) is 7.48. The number of amidine groups is 1. The fourth-order valence-electron chi connectivity index (χ4n) is 0.489. The molecule has 0 aromatic carbocycles. The molecule has 0 bridgehead atoms. The van der Waals surface area contributed by atoms with Gasteiger partial charge in [-0.25, -0.2) is 0 Å². The molecule has 0 fully saturated rings. The van der Waals surface area contributed by atoms with E-state index in [0.717, 1.165) is 18.8 Å². The second kappa shape index (κ2) is 7.68. The van der Waals surface area contributed by atoms with Crippen molar-refractivity contribution in [1.82, 2.24) is 0 Å². The summed E-state index contributed by atoms with van der Waals surface area (Å²) in [5.41, 5.74) is 5.32. The van der Waals surface area contributed by atoms with Gasteiger partial charge >= 0.3 is 0 Å². The maximum absolute atomic E-state index is 5.32. The average molecular weight is 177 g/mol. The Balaban J connectivity index is 3.02. The Bertz CT molecular complexity index is 118. The van der Waals surface area contributed by atoms with Crippen molar-refractivity contribution in [3.63, 3.8) is 0 Å². The normalized spacial score (nSPS) is 11.9. The van der Waals surface area contributed by atoms with Crippen molar-refractivity contribution in [3.8, 4) is 0 Å². The van der Waals surface area contributed by atoms with E-state index in [1.54, 1.807) is 0 Å². The van der Waals surface area contributed by atoms with Crippen LogP contribution in [-0.2, 0) is 4.74 Å².